The van der Waals surface area contributed by atoms with E-state index in [9.17, 15) is 43.2 Å². The van der Waals surface area contributed by atoms with Crippen molar-refractivity contribution in [1.82, 2.24) is 14.3 Å². The van der Waals surface area contributed by atoms with E-state index in [0.717, 1.165) is 23.0 Å². The van der Waals surface area contributed by atoms with E-state index in [1.165, 1.54) is 24.4 Å². The molecule has 0 aliphatic rings. The zero-order valence-corrected chi connectivity index (χ0v) is 19.6. The van der Waals surface area contributed by atoms with Gasteiger partial charge in [-0.25, -0.2) is 30.7 Å². The van der Waals surface area contributed by atoms with Crippen molar-refractivity contribution < 1.29 is 47.7 Å². The van der Waals surface area contributed by atoms with Gasteiger partial charge in [0.05, 0.1) is 12.2 Å². The van der Waals surface area contributed by atoms with Crippen LogP contribution in [0.1, 0.15) is 37.0 Å². The van der Waals surface area contributed by atoms with Crippen LogP contribution in [0.25, 0.3) is 4.13 Å². The number of halogens is 6. The average molecular weight is 528 g/mol. The minimum Gasteiger partial charge on any atom is -0.421 e. The minimum atomic E-state index is -6.72. The van der Waals surface area contributed by atoms with Gasteiger partial charge in [-0.1, -0.05) is 13.3 Å². The first-order valence-corrected chi connectivity index (χ1v) is 12.1. The van der Waals surface area contributed by atoms with Crippen molar-refractivity contribution in [3.8, 4) is 0 Å². The highest BCUT2D eigenvalue weighted by Gasteiger charge is 2.46. The number of hydrogen-bond acceptors (Lipinski definition) is 5. The van der Waals surface area contributed by atoms with Crippen molar-refractivity contribution in [2.45, 2.75) is 64.8 Å². The molecule has 0 aromatic carbocycles. The monoisotopic (exact) mass is 527 g/mol. The Bertz CT molecular complexity index is 1110. The zero-order valence-electron chi connectivity index (χ0n) is 18.0. The minimum absolute atomic E-state index is 0.778. The Hall–Kier alpha value is -2.14. The molecule has 0 fully saturated rings. The summed E-state index contributed by atoms with van der Waals surface area (Å²) in [6, 6.07) is 2.12. The van der Waals surface area contributed by atoms with E-state index in [1.807, 2.05) is 11.6 Å². The van der Waals surface area contributed by atoms with Crippen LogP contribution < -0.4 is 4.57 Å². The molecule has 0 amide bonds. The smallest absolute Gasteiger partial charge is 0.421 e. The molecule has 17 heteroatoms. The highest BCUT2D eigenvalue weighted by atomic mass is 32.3. The lowest BCUT2D eigenvalue weighted by Crippen LogP contribution is -2.39. The highest BCUT2D eigenvalue weighted by Crippen LogP contribution is 2.36. The van der Waals surface area contributed by atoms with Crippen molar-refractivity contribution in [2.24, 2.45) is 0 Å². The van der Waals surface area contributed by atoms with Crippen LogP contribution in [0.15, 0.2) is 18.5 Å². The fraction of sp³-hybridized carbons (Fsp3) is 0.625. The lowest BCUT2D eigenvalue weighted by Gasteiger charge is -2.22. The van der Waals surface area contributed by atoms with E-state index in [1.54, 1.807) is 0 Å². The Morgan fingerprint density at radius 1 is 1.00 bits per heavy atom. The molecule has 2 rings (SSSR count). The van der Waals surface area contributed by atoms with Gasteiger partial charge in [0.25, 0.3) is 5.82 Å². The lowest BCUT2D eigenvalue weighted by molar-refractivity contribution is -0.708. The van der Waals surface area contributed by atoms with Crippen LogP contribution in [0.3, 0.4) is 0 Å². The molecule has 9 nitrogen and oxygen atoms in total. The highest BCUT2D eigenvalue weighted by molar-refractivity contribution is 8.13. The third-order valence-electron chi connectivity index (χ3n) is 4.18. The van der Waals surface area contributed by atoms with E-state index in [4.69, 9.17) is 0 Å². The van der Waals surface area contributed by atoms with Gasteiger partial charge < -0.3 is 4.13 Å². The van der Waals surface area contributed by atoms with Gasteiger partial charge in [-0.15, -0.1) is 0 Å². The first kappa shape index (κ1) is 28.9. The number of sulfonamides is 2. The number of aryl methyl sites for hydroxylation is 3. The van der Waals surface area contributed by atoms with Crippen LogP contribution in [-0.4, -0.2) is 42.2 Å². The number of hydrogen-bond donors (Lipinski definition) is 0. The van der Waals surface area contributed by atoms with Gasteiger partial charge in [-0.3, -0.25) is 0 Å². The van der Waals surface area contributed by atoms with E-state index < -0.39 is 31.1 Å². The van der Waals surface area contributed by atoms with Crippen LogP contribution in [0.2, 0.25) is 0 Å². The van der Waals surface area contributed by atoms with E-state index in [-0.39, 0.29) is 0 Å². The van der Waals surface area contributed by atoms with Gasteiger partial charge in [-0.05, 0) is 26.3 Å². The number of unbranched alkanes of at least 4 members (excludes halogenated alkanes) is 1. The van der Waals surface area contributed by atoms with Crippen molar-refractivity contribution in [3.05, 3.63) is 39.8 Å². The molecule has 0 radical (unpaired) electrons. The van der Waals surface area contributed by atoms with E-state index in [0.29, 0.717) is 0 Å². The van der Waals surface area contributed by atoms with Gasteiger partial charge in [-0.2, -0.15) is 31.4 Å². The Balaban J connectivity index is 0.000000337. The molecule has 33 heavy (non-hydrogen) atoms. The van der Waals surface area contributed by atoms with Gasteiger partial charge >= 0.3 is 11.0 Å². The maximum absolute atomic E-state index is 11.4. The summed E-state index contributed by atoms with van der Waals surface area (Å²) in [5, 5.41) is 4.50. The van der Waals surface area contributed by atoms with Crippen molar-refractivity contribution in [3.63, 3.8) is 0 Å². The second kappa shape index (κ2) is 10.4. The Morgan fingerprint density at radius 2 is 1.52 bits per heavy atom. The fourth-order valence-electron chi connectivity index (χ4n) is 2.43. The molecule has 0 N–H and O–H groups in total. The van der Waals surface area contributed by atoms with Gasteiger partial charge in [0.1, 0.15) is 12.4 Å². The molecule has 0 bridgehead atoms. The van der Waals surface area contributed by atoms with Crippen LogP contribution in [0.4, 0.5) is 26.3 Å². The van der Waals surface area contributed by atoms with Crippen molar-refractivity contribution in [1.29, 1.82) is 0 Å². The number of imidazole rings is 1. The Kier molecular flexibility index (Phi) is 9.12. The van der Waals surface area contributed by atoms with Crippen LogP contribution in [0.5, 0.6) is 0 Å². The predicted octanol–water partition coefficient (Wildman–Crippen LogP) is 3.26. The third kappa shape index (κ3) is 7.70. The van der Waals surface area contributed by atoms with E-state index in [2.05, 4.69) is 53.5 Å². The standard InChI is InChI=1S/C14H23N4.C2F6NO4S2/c1-5-6-7-16-8-9-17(14(16)4)11-18-13(3)10-12(2)15-18;3-1(4,5)14(10,11)9-15(12,13)2(6,7)8/h8-10H,5-7,11H2,1-4H3;/q+1;-1. The normalized spacial score (nSPS) is 13.0. The molecule has 0 atom stereocenters. The predicted molar refractivity (Wildman–Crippen MR) is 105 cm³/mol. The molecule has 0 aliphatic heterocycles. The van der Waals surface area contributed by atoms with E-state index >= 15 is 0 Å². The maximum Gasteiger partial charge on any atom is 0.480 e. The van der Waals surface area contributed by atoms with Crippen LogP contribution in [0, 0.1) is 20.8 Å². The zero-order chi connectivity index (χ0) is 25.8. The summed E-state index contributed by atoms with van der Waals surface area (Å²) in [5.41, 5.74) is -10.1. The average Bonchev–Trinajstić information content (AvgIpc) is 3.13. The summed E-state index contributed by atoms with van der Waals surface area (Å²) in [7, 11) is -13.4. The summed E-state index contributed by atoms with van der Waals surface area (Å²) in [6.07, 6.45) is 6.77. The number of rotatable bonds is 7. The topological polar surface area (TPSA) is 109 Å². The summed E-state index contributed by atoms with van der Waals surface area (Å²) in [5.74, 6) is 1.29. The molecule has 0 saturated heterocycles. The Labute approximate surface area is 187 Å². The molecule has 0 spiro atoms. The maximum atomic E-state index is 11.4. The molecule has 0 saturated carbocycles. The SMILES string of the molecule is CCCCn1cc[n+](Cn2nc(C)cc2C)c1C.O=S(=O)([N-]S(=O)(=O)C(F)(F)F)C(F)(F)F. The van der Waals surface area contributed by atoms with Gasteiger partial charge in [0, 0.05) is 12.6 Å². The van der Waals surface area contributed by atoms with Crippen molar-refractivity contribution >= 4 is 20.0 Å². The van der Waals surface area contributed by atoms with Crippen LogP contribution in [-0.2, 0) is 33.3 Å². The molecule has 2 heterocycles. The largest absolute Gasteiger partial charge is 0.480 e. The molecule has 0 unspecified atom stereocenters. The second-order valence-corrected chi connectivity index (χ2v) is 10.3. The number of aromatic nitrogens is 4. The summed E-state index contributed by atoms with van der Waals surface area (Å²) >= 11 is 0. The van der Waals surface area contributed by atoms with Crippen molar-refractivity contribution in [2.75, 3.05) is 0 Å². The van der Waals surface area contributed by atoms with Gasteiger partial charge in [0.2, 0.25) is 0 Å². The Morgan fingerprint density at radius 3 is 1.91 bits per heavy atom. The molecular weight excluding hydrogens is 504 g/mol. The first-order valence-electron chi connectivity index (χ1n) is 9.25. The molecular formula is C16H23F6N5O4S2. The van der Waals surface area contributed by atoms with Crippen LogP contribution >= 0.6 is 0 Å². The molecule has 2 aromatic heterocycles. The molecule has 2 aromatic rings. The van der Waals surface area contributed by atoms with Gasteiger partial charge in [0.15, 0.2) is 26.7 Å². The summed E-state index contributed by atoms with van der Waals surface area (Å²) < 4.78 is 116. The first-order chi connectivity index (χ1) is 14.8. The third-order valence-corrected chi connectivity index (χ3v) is 6.92. The number of alkyl halides is 6. The molecule has 190 valence electrons. The number of nitrogens with zero attached hydrogens (tertiary/aromatic N) is 5. The summed E-state index contributed by atoms with van der Waals surface area (Å²) in [4.78, 5) is 0. The quantitative estimate of drug-likeness (QED) is 0.406. The fourth-order valence-corrected chi connectivity index (χ4v) is 4.14. The summed E-state index contributed by atoms with van der Waals surface area (Å²) in [6.45, 7) is 10.4. The molecule has 0 aliphatic carbocycles. The second-order valence-electron chi connectivity index (χ2n) is 6.85. The lowest BCUT2D eigenvalue weighted by atomic mass is 10.3.